The van der Waals surface area contributed by atoms with Crippen molar-refractivity contribution in [1.29, 1.82) is 0 Å². The number of nitrogens with zero attached hydrogens (tertiary/aromatic N) is 2. The van der Waals surface area contributed by atoms with Gasteiger partial charge in [0.05, 0.1) is 12.0 Å². The Kier molecular flexibility index (Phi) is 5.48. The van der Waals surface area contributed by atoms with Crippen LogP contribution in [0.15, 0.2) is 47.1 Å². The molecule has 4 nitrogen and oxygen atoms in total. The van der Waals surface area contributed by atoms with Crippen LogP contribution in [0.25, 0.3) is 21.3 Å². The first-order valence-corrected chi connectivity index (χ1v) is 9.57. The van der Waals surface area contributed by atoms with E-state index in [0.29, 0.717) is 6.61 Å². The lowest BCUT2D eigenvalue weighted by Crippen LogP contribution is -2.17. The maximum atomic E-state index is 12.1. The number of hydrogen-bond acceptors (Lipinski definition) is 6. The Morgan fingerprint density at radius 3 is 2.83 bits per heavy atom. The molecule has 0 fully saturated rings. The molecular formula is C18H18N2O2S2. The van der Waals surface area contributed by atoms with Gasteiger partial charge in [0.2, 0.25) is 0 Å². The largest absolute Gasteiger partial charge is 0.465 e. The van der Waals surface area contributed by atoms with Gasteiger partial charge in [-0.15, -0.1) is 11.3 Å². The number of rotatable bonds is 6. The molecule has 0 spiro atoms. The van der Waals surface area contributed by atoms with E-state index in [4.69, 9.17) is 4.74 Å². The van der Waals surface area contributed by atoms with Gasteiger partial charge in [-0.1, -0.05) is 49.0 Å². The lowest BCUT2D eigenvalue weighted by atomic mass is 10.1. The normalized spacial score (nSPS) is 12.2. The molecule has 2 aromatic heterocycles. The zero-order valence-electron chi connectivity index (χ0n) is 13.6. The minimum atomic E-state index is -0.307. The van der Waals surface area contributed by atoms with Crippen molar-refractivity contribution in [2.24, 2.45) is 0 Å². The highest BCUT2D eigenvalue weighted by atomic mass is 32.2. The average molecular weight is 358 g/mol. The molecule has 2 heterocycles. The molecule has 124 valence electrons. The molecule has 24 heavy (non-hydrogen) atoms. The van der Waals surface area contributed by atoms with E-state index in [2.05, 4.69) is 27.5 Å². The molecule has 1 atom stereocenters. The first-order chi connectivity index (χ1) is 11.7. The highest BCUT2D eigenvalue weighted by Crippen LogP contribution is 2.38. The van der Waals surface area contributed by atoms with Gasteiger partial charge >= 0.3 is 5.97 Å². The minimum Gasteiger partial charge on any atom is -0.465 e. The third-order valence-electron chi connectivity index (χ3n) is 3.49. The second-order valence-electron chi connectivity index (χ2n) is 5.30. The summed E-state index contributed by atoms with van der Waals surface area (Å²) in [6.07, 6.45) is 2.38. The maximum absolute atomic E-state index is 12.1. The fourth-order valence-electron chi connectivity index (χ4n) is 2.30. The predicted molar refractivity (Wildman–Crippen MR) is 99.4 cm³/mol. The van der Waals surface area contributed by atoms with Crippen LogP contribution in [0.1, 0.15) is 20.3 Å². The van der Waals surface area contributed by atoms with Crippen LogP contribution >= 0.6 is 23.1 Å². The number of esters is 1. The van der Waals surface area contributed by atoms with Crippen molar-refractivity contribution in [3.8, 4) is 11.1 Å². The van der Waals surface area contributed by atoms with Gasteiger partial charge in [-0.25, -0.2) is 9.97 Å². The van der Waals surface area contributed by atoms with Crippen molar-refractivity contribution in [2.75, 3.05) is 6.61 Å². The lowest BCUT2D eigenvalue weighted by Gasteiger charge is -2.11. The van der Waals surface area contributed by atoms with E-state index in [-0.39, 0.29) is 11.2 Å². The summed E-state index contributed by atoms with van der Waals surface area (Å²) in [7, 11) is 0. The molecule has 3 aromatic rings. The van der Waals surface area contributed by atoms with Gasteiger partial charge in [0, 0.05) is 10.9 Å². The smallest absolute Gasteiger partial charge is 0.319 e. The number of benzene rings is 1. The predicted octanol–water partition coefficient (Wildman–Crippen LogP) is 4.79. The molecule has 1 unspecified atom stereocenters. The van der Waals surface area contributed by atoms with E-state index in [1.54, 1.807) is 17.7 Å². The number of carbonyl (C=O) groups is 1. The van der Waals surface area contributed by atoms with Crippen LogP contribution in [0.4, 0.5) is 0 Å². The molecule has 1 aromatic carbocycles. The molecule has 0 bridgehead atoms. The van der Waals surface area contributed by atoms with Gasteiger partial charge in [-0.05, 0) is 18.9 Å². The summed E-state index contributed by atoms with van der Waals surface area (Å²) in [4.78, 5) is 21.8. The molecule has 0 N–H and O–H groups in total. The van der Waals surface area contributed by atoms with E-state index in [0.717, 1.165) is 32.8 Å². The van der Waals surface area contributed by atoms with Crippen LogP contribution in [0.5, 0.6) is 0 Å². The molecule has 0 aliphatic heterocycles. The van der Waals surface area contributed by atoms with Crippen molar-refractivity contribution >= 4 is 39.3 Å². The number of ether oxygens (including phenoxy) is 1. The molecule has 0 saturated heterocycles. The van der Waals surface area contributed by atoms with Crippen LogP contribution in [-0.2, 0) is 9.53 Å². The molecule has 0 amide bonds. The summed E-state index contributed by atoms with van der Waals surface area (Å²) in [5, 5.41) is 3.62. The van der Waals surface area contributed by atoms with Gasteiger partial charge < -0.3 is 4.74 Å². The third kappa shape index (κ3) is 3.60. The topological polar surface area (TPSA) is 52.1 Å². The third-order valence-corrected chi connectivity index (χ3v) is 5.45. The van der Waals surface area contributed by atoms with Crippen LogP contribution in [0.3, 0.4) is 0 Å². The highest BCUT2D eigenvalue weighted by molar-refractivity contribution is 8.00. The van der Waals surface area contributed by atoms with E-state index in [1.165, 1.54) is 11.8 Å². The molecular weight excluding hydrogens is 340 g/mol. The van der Waals surface area contributed by atoms with Gasteiger partial charge in [0.15, 0.2) is 0 Å². The van der Waals surface area contributed by atoms with Crippen molar-refractivity contribution in [2.45, 2.75) is 30.5 Å². The summed E-state index contributed by atoms with van der Waals surface area (Å²) in [6, 6.07) is 10.2. The van der Waals surface area contributed by atoms with Crippen molar-refractivity contribution in [3.63, 3.8) is 0 Å². The van der Waals surface area contributed by atoms with Gasteiger partial charge in [-0.2, -0.15) is 0 Å². The molecule has 0 aliphatic rings. The van der Waals surface area contributed by atoms with E-state index < -0.39 is 0 Å². The summed E-state index contributed by atoms with van der Waals surface area (Å²) >= 11 is 3.02. The Balaban J connectivity index is 1.94. The highest BCUT2D eigenvalue weighted by Gasteiger charge is 2.20. The Morgan fingerprint density at radius 2 is 2.08 bits per heavy atom. The first-order valence-electron chi connectivity index (χ1n) is 7.81. The molecule has 0 aliphatic carbocycles. The van der Waals surface area contributed by atoms with Crippen molar-refractivity contribution in [1.82, 2.24) is 9.97 Å². The zero-order valence-corrected chi connectivity index (χ0v) is 15.2. The monoisotopic (exact) mass is 358 g/mol. The van der Waals surface area contributed by atoms with E-state index in [9.17, 15) is 4.79 Å². The number of thioether (sulfide) groups is 1. The van der Waals surface area contributed by atoms with Crippen molar-refractivity contribution in [3.05, 3.63) is 42.0 Å². The lowest BCUT2D eigenvalue weighted by molar-refractivity contribution is -0.142. The zero-order chi connectivity index (χ0) is 16.9. The second-order valence-corrected chi connectivity index (χ2v) is 7.49. The Labute approximate surface area is 149 Å². The van der Waals surface area contributed by atoms with Gasteiger partial charge in [0.25, 0.3) is 0 Å². The molecule has 0 saturated carbocycles. The molecule has 0 radical (unpaired) electrons. The first kappa shape index (κ1) is 16.9. The SMILES string of the molecule is CCCOC(=O)C(C)Sc1ncnc2scc(-c3ccccc3)c12. The summed E-state index contributed by atoms with van der Waals surface area (Å²) < 4.78 is 5.23. The van der Waals surface area contributed by atoms with Crippen LogP contribution in [-0.4, -0.2) is 27.8 Å². The van der Waals surface area contributed by atoms with E-state index >= 15 is 0 Å². The van der Waals surface area contributed by atoms with Crippen LogP contribution in [0.2, 0.25) is 0 Å². The second kappa shape index (κ2) is 7.77. The Hall–Kier alpha value is -1.92. The Bertz CT molecular complexity index is 833. The fraction of sp³-hybridized carbons (Fsp3) is 0.278. The summed E-state index contributed by atoms with van der Waals surface area (Å²) in [6.45, 7) is 4.29. The summed E-state index contributed by atoms with van der Waals surface area (Å²) in [5.41, 5.74) is 2.23. The standard InChI is InChI=1S/C18H18N2O2S2/c1-3-9-22-18(21)12(2)24-17-15-14(13-7-5-4-6-8-13)10-23-16(15)19-11-20-17/h4-8,10-12H,3,9H2,1-2H3. The average Bonchev–Trinajstić information content (AvgIpc) is 3.05. The maximum Gasteiger partial charge on any atom is 0.319 e. The van der Waals surface area contributed by atoms with Crippen LogP contribution < -0.4 is 0 Å². The van der Waals surface area contributed by atoms with Gasteiger partial charge in [0.1, 0.15) is 21.4 Å². The Morgan fingerprint density at radius 1 is 1.29 bits per heavy atom. The van der Waals surface area contributed by atoms with Crippen LogP contribution in [0, 0.1) is 0 Å². The number of aromatic nitrogens is 2. The number of carbonyl (C=O) groups excluding carboxylic acids is 1. The fourth-order valence-corrected chi connectivity index (χ4v) is 4.21. The van der Waals surface area contributed by atoms with E-state index in [1.807, 2.05) is 32.0 Å². The summed E-state index contributed by atoms with van der Waals surface area (Å²) in [5.74, 6) is -0.204. The minimum absolute atomic E-state index is 0.204. The molecule has 3 rings (SSSR count). The number of thiophene rings is 1. The van der Waals surface area contributed by atoms with Crippen molar-refractivity contribution < 1.29 is 9.53 Å². The number of fused-ring (bicyclic) bond motifs is 1. The molecule has 6 heteroatoms. The van der Waals surface area contributed by atoms with Gasteiger partial charge in [-0.3, -0.25) is 4.79 Å². The quantitative estimate of drug-likeness (QED) is 0.360. The number of hydrogen-bond donors (Lipinski definition) is 0.